The number of rotatable bonds is 16. The lowest BCUT2D eigenvalue weighted by Gasteiger charge is -2.32. The number of carbonyl (C=O) groups is 2. The Kier molecular flexibility index (Phi) is 12.9. The molecule has 0 saturated carbocycles. The van der Waals surface area contributed by atoms with E-state index in [0.29, 0.717) is 24.4 Å². The van der Waals surface area contributed by atoms with E-state index in [-0.39, 0.29) is 42.8 Å². The van der Waals surface area contributed by atoms with Crippen LogP contribution in [-0.2, 0) is 32.6 Å². The molecule has 0 fully saturated rings. The maximum Gasteiger partial charge on any atom is 0.243 e. The van der Waals surface area contributed by atoms with Gasteiger partial charge in [-0.3, -0.25) is 13.9 Å². The molecule has 0 aromatic heterocycles. The van der Waals surface area contributed by atoms with Crippen LogP contribution in [0.4, 0.5) is 5.69 Å². The van der Waals surface area contributed by atoms with Crippen LogP contribution >= 0.6 is 11.6 Å². The molecule has 0 aliphatic heterocycles. The van der Waals surface area contributed by atoms with Crippen molar-refractivity contribution in [2.24, 2.45) is 0 Å². The highest BCUT2D eigenvalue weighted by molar-refractivity contribution is 7.92. The summed E-state index contributed by atoms with van der Waals surface area (Å²) in [5.41, 5.74) is 3.29. The van der Waals surface area contributed by atoms with Crippen LogP contribution in [0.5, 0.6) is 5.75 Å². The third kappa shape index (κ3) is 10.0. The van der Waals surface area contributed by atoms with Crippen molar-refractivity contribution in [3.8, 4) is 5.75 Å². The number of anilines is 1. The van der Waals surface area contributed by atoms with E-state index in [9.17, 15) is 18.0 Å². The normalized spacial score (nSPS) is 11.9. The smallest absolute Gasteiger partial charge is 0.243 e. The summed E-state index contributed by atoms with van der Waals surface area (Å²) in [6.45, 7) is 4.89. The van der Waals surface area contributed by atoms with Gasteiger partial charge in [0.1, 0.15) is 11.8 Å². The summed E-state index contributed by atoms with van der Waals surface area (Å²) in [4.78, 5) is 29.2. The molecule has 3 rings (SSSR count). The van der Waals surface area contributed by atoms with E-state index < -0.39 is 16.1 Å². The van der Waals surface area contributed by atoms with Gasteiger partial charge >= 0.3 is 0 Å². The molecule has 0 heterocycles. The van der Waals surface area contributed by atoms with Crippen LogP contribution in [-0.4, -0.2) is 57.6 Å². The highest BCUT2D eigenvalue weighted by Gasteiger charge is 2.30. The molecule has 10 heteroatoms. The summed E-state index contributed by atoms with van der Waals surface area (Å²) in [6, 6.07) is 21.5. The number of ether oxygens (including phenoxy) is 1. The Bertz CT molecular complexity index is 1470. The van der Waals surface area contributed by atoms with Gasteiger partial charge in [0.2, 0.25) is 21.8 Å². The quantitative estimate of drug-likeness (QED) is 0.204. The highest BCUT2D eigenvalue weighted by Crippen LogP contribution is 2.30. The molecule has 0 bridgehead atoms. The van der Waals surface area contributed by atoms with Crippen LogP contribution in [0.15, 0.2) is 72.8 Å². The summed E-state index contributed by atoms with van der Waals surface area (Å²) in [7, 11) is -2.18. The fourth-order valence-electron chi connectivity index (χ4n) is 4.85. The number of unbranched alkanes of at least 4 members (excludes halogenated alkanes) is 1. The molecule has 2 amide bonds. The van der Waals surface area contributed by atoms with Crippen LogP contribution in [0.3, 0.4) is 0 Å². The van der Waals surface area contributed by atoms with Crippen LogP contribution in [0.1, 0.15) is 49.3 Å². The molecule has 0 saturated heterocycles. The Morgan fingerprint density at radius 1 is 1.00 bits per heavy atom. The van der Waals surface area contributed by atoms with Crippen molar-refractivity contribution in [1.29, 1.82) is 0 Å². The van der Waals surface area contributed by atoms with Gasteiger partial charge < -0.3 is 15.0 Å². The Labute approximate surface area is 261 Å². The molecule has 232 valence electrons. The molecule has 0 aliphatic carbocycles. The minimum absolute atomic E-state index is 0.0509. The van der Waals surface area contributed by atoms with Crippen molar-refractivity contribution in [1.82, 2.24) is 10.2 Å². The van der Waals surface area contributed by atoms with Gasteiger partial charge in [-0.05, 0) is 54.7 Å². The van der Waals surface area contributed by atoms with E-state index >= 15 is 0 Å². The standard InChI is InChI=1S/C33H42ClN3O5S/c1-5-6-20-35-33(39)30(22-26-14-8-7-9-15-26)36(24-27-16-11-10-13-25(27)2)32(38)17-12-21-37(43(4,40)41)28-18-19-31(42-3)29(34)23-28/h7-11,13-16,18-19,23,30H,5-6,12,17,20-22,24H2,1-4H3,(H,35,39)/t30-/m1/s1. The average Bonchev–Trinajstić information content (AvgIpc) is 2.97. The minimum atomic E-state index is -3.67. The van der Waals surface area contributed by atoms with Gasteiger partial charge in [0.05, 0.1) is 24.1 Å². The van der Waals surface area contributed by atoms with Crippen LogP contribution in [0, 0.1) is 6.92 Å². The maximum absolute atomic E-state index is 14.0. The SMILES string of the molecule is CCCCNC(=O)[C@@H](Cc1ccccc1)N(Cc1ccccc1C)C(=O)CCCN(c1ccc(OC)c(Cl)c1)S(C)(=O)=O. The molecule has 8 nitrogen and oxygen atoms in total. The first-order chi connectivity index (χ1) is 20.5. The molecule has 3 aromatic carbocycles. The zero-order valence-corrected chi connectivity index (χ0v) is 27.0. The molecule has 0 unspecified atom stereocenters. The first kappa shape index (κ1) is 33.9. The number of nitrogens with one attached hydrogen (secondary N) is 1. The number of carbonyl (C=O) groups excluding carboxylic acids is 2. The second-order valence-electron chi connectivity index (χ2n) is 10.6. The molecule has 1 atom stereocenters. The van der Waals surface area contributed by atoms with Crippen LogP contribution in [0.2, 0.25) is 5.02 Å². The molecule has 0 radical (unpaired) electrons. The largest absolute Gasteiger partial charge is 0.495 e. The Balaban J connectivity index is 1.88. The lowest BCUT2D eigenvalue weighted by molar-refractivity contribution is -0.141. The van der Waals surface area contributed by atoms with Crippen molar-refractivity contribution in [3.05, 3.63) is 94.5 Å². The molecule has 43 heavy (non-hydrogen) atoms. The zero-order chi connectivity index (χ0) is 31.4. The summed E-state index contributed by atoms with van der Waals surface area (Å²) in [5, 5.41) is 3.31. The van der Waals surface area contributed by atoms with E-state index in [0.717, 1.165) is 35.8 Å². The third-order valence-electron chi connectivity index (χ3n) is 7.28. The monoisotopic (exact) mass is 627 g/mol. The fraction of sp³-hybridized carbons (Fsp3) is 0.394. The second-order valence-corrected chi connectivity index (χ2v) is 12.9. The second kappa shape index (κ2) is 16.3. The first-order valence-corrected chi connectivity index (χ1v) is 16.7. The van der Waals surface area contributed by atoms with Crippen molar-refractivity contribution >= 4 is 39.1 Å². The lowest BCUT2D eigenvalue weighted by Crippen LogP contribution is -2.50. The van der Waals surface area contributed by atoms with Crippen molar-refractivity contribution < 1.29 is 22.7 Å². The summed E-state index contributed by atoms with van der Waals surface area (Å²) in [6.07, 6.45) is 3.55. The summed E-state index contributed by atoms with van der Waals surface area (Å²) in [5.74, 6) is 0.00322. The predicted octanol–water partition coefficient (Wildman–Crippen LogP) is 5.76. The summed E-state index contributed by atoms with van der Waals surface area (Å²) < 4.78 is 31.9. The molecule has 3 aromatic rings. The molecule has 1 N–H and O–H groups in total. The van der Waals surface area contributed by atoms with Crippen molar-refractivity contribution in [3.63, 3.8) is 0 Å². The number of sulfonamides is 1. The lowest BCUT2D eigenvalue weighted by atomic mass is 10.0. The van der Waals surface area contributed by atoms with Crippen molar-refractivity contribution in [2.75, 3.05) is 30.8 Å². The number of nitrogens with zero attached hydrogens (tertiary/aromatic N) is 2. The van der Waals surface area contributed by atoms with Crippen LogP contribution in [0.25, 0.3) is 0 Å². The van der Waals surface area contributed by atoms with E-state index in [2.05, 4.69) is 12.2 Å². The summed E-state index contributed by atoms with van der Waals surface area (Å²) >= 11 is 6.27. The van der Waals surface area contributed by atoms with E-state index in [4.69, 9.17) is 16.3 Å². The van der Waals surface area contributed by atoms with Gasteiger partial charge in [-0.1, -0.05) is 79.5 Å². The zero-order valence-electron chi connectivity index (χ0n) is 25.4. The number of hydrogen-bond acceptors (Lipinski definition) is 5. The van der Waals surface area contributed by atoms with Gasteiger partial charge in [-0.25, -0.2) is 8.42 Å². The number of methoxy groups -OCH3 is 1. The molecule has 0 spiro atoms. The van der Waals surface area contributed by atoms with Gasteiger partial charge in [0.15, 0.2) is 0 Å². The Morgan fingerprint density at radius 3 is 2.33 bits per heavy atom. The fourth-order valence-corrected chi connectivity index (χ4v) is 6.05. The van der Waals surface area contributed by atoms with Gasteiger partial charge in [-0.15, -0.1) is 0 Å². The molecule has 0 aliphatic rings. The number of benzene rings is 3. The number of halogens is 1. The minimum Gasteiger partial charge on any atom is -0.495 e. The van der Waals surface area contributed by atoms with Crippen LogP contribution < -0.4 is 14.4 Å². The number of hydrogen-bond donors (Lipinski definition) is 1. The maximum atomic E-state index is 14.0. The highest BCUT2D eigenvalue weighted by atomic mass is 35.5. The van der Waals surface area contributed by atoms with E-state index in [1.165, 1.54) is 17.5 Å². The Morgan fingerprint density at radius 2 is 1.70 bits per heavy atom. The molecular weight excluding hydrogens is 586 g/mol. The first-order valence-electron chi connectivity index (χ1n) is 14.5. The number of aryl methyl sites for hydroxylation is 1. The van der Waals surface area contributed by atoms with Gasteiger partial charge in [0.25, 0.3) is 0 Å². The van der Waals surface area contributed by atoms with Gasteiger partial charge in [-0.2, -0.15) is 0 Å². The van der Waals surface area contributed by atoms with E-state index in [1.807, 2.05) is 61.5 Å². The number of amides is 2. The van der Waals surface area contributed by atoms with Crippen molar-refractivity contribution in [2.45, 2.75) is 58.5 Å². The Hall–Kier alpha value is -3.56. The third-order valence-corrected chi connectivity index (χ3v) is 8.77. The van der Waals surface area contributed by atoms with Gasteiger partial charge in [0, 0.05) is 32.5 Å². The predicted molar refractivity (Wildman–Crippen MR) is 173 cm³/mol. The average molecular weight is 628 g/mol. The topological polar surface area (TPSA) is 96.0 Å². The molecular formula is C33H42ClN3O5S. The van der Waals surface area contributed by atoms with E-state index in [1.54, 1.807) is 17.0 Å².